The minimum atomic E-state index is -4.53. The van der Waals surface area contributed by atoms with Crippen LogP contribution < -0.4 is 10.6 Å². The predicted octanol–water partition coefficient (Wildman–Crippen LogP) is 4.37. The summed E-state index contributed by atoms with van der Waals surface area (Å²) in [6.45, 7) is 7.94. The summed E-state index contributed by atoms with van der Waals surface area (Å²) in [6, 6.07) is 3.87. The maximum Gasteiger partial charge on any atom is 0.433 e. The average molecular weight is 368 g/mol. The Balaban J connectivity index is 2.46. The van der Waals surface area contributed by atoms with Gasteiger partial charge >= 0.3 is 6.18 Å². The molecular formula is C17H23F3N6. The topological polar surface area (TPSA) is 75.6 Å². The van der Waals surface area contributed by atoms with Crippen molar-refractivity contribution in [3.05, 3.63) is 23.9 Å². The number of halogens is 3. The molecule has 0 amide bonds. The van der Waals surface area contributed by atoms with Gasteiger partial charge in [-0.1, -0.05) is 19.9 Å². The number of rotatable bonds is 7. The summed E-state index contributed by atoms with van der Waals surface area (Å²) in [5.41, 5.74) is -0.940. The Kier molecular flexibility index (Phi) is 6.33. The lowest BCUT2D eigenvalue weighted by Gasteiger charge is -2.16. The van der Waals surface area contributed by atoms with Crippen LogP contribution in [0.25, 0.3) is 11.5 Å². The number of anilines is 2. The van der Waals surface area contributed by atoms with Gasteiger partial charge in [-0.25, -0.2) is 4.98 Å². The van der Waals surface area contributed by atoms with E-state index in [1.54, 1.807) is 0 Å². The highest BCUT2D eigenvalue weighted by Gasteiger charge is 2.32. The highest BCUT2D eigenvalue weighted by atomic mass is 19.4. The summed E-state index contributed by atoms with van der Waals surface area (Å²) < 4.78 is 38.8. The van der Waals surface area contributed by atoms with E-state index in [9.17, 15) is 13.2 Å². The monoisotopic (exact) mass is 368 g/mol. The number of hydrogen-bond acceptors (Lipinski definition) is 6. The van der Waals surface area contributed by atoms with Crippen LogP contribution in [0.15, 0.2) is 18.2 Å². The first-order valence-electron chi connectivity index (χ1n) is 8.56. The molecule has 2 aromatic rings. The summed E-state index contributed by atoms with van der Waals surface area (Å²) in [5, 5.41) is 6.25. The summed E-state index contributed by atoms with van der Waals surface area (Å²) in [7, 11) is 0. The highest BCUT2D eigenvalue weighted by Crippen LogP contribution is 2.29. The highest BCUT2D eigenvalue weighted by molar-refractivity contribution is 5.54. The zero-order valence-corrected chi connectivity index (χ0v) is 15.2. The second-order valence-corrected chi connectivity index (χ2v) is 6.12. The van der Waals surface area contributed by atoms with Gasteiger partial charge in [0.15, 0.2) is 5.82 Å². The minimum Gasteiger partial charge on any atom is -0.352 e. The van der Waals surface area contributed by atoms with E-state index in [4.69, 9.17) is 0 Å². The summed E-state index contributed by atoms with van der Waals surface area (Å²) in [6.07, 6.45) is -2.84. The molecule has 0 saturated heterocycles. The van der Waals surface area contributed by atoms with E-state index in [0.717, 1.165) is 18.9 Å². The molecule has 0 aliphatic rings. The lowest BCUT2D eigenvalue weighted by atomic mass is 10.2. The molecule has 26 heavy (non-hydrogen) atoms. The molecule has 0 aromatic carbocycles. The molecule has 0 bridgehead atoms. The van der Waals surface area contributed by atoms with Crippen molar-refractivity contribution in [2.24, 2.45) is 0 Å². The smallest absolute Gasteiger partial charge is 0.352 e. The molecule has 0 radical (unpaired) electrons. The first-order valence-corrected chi connectivity index (χ1v) is 8.56. The molecule has 2 N–H and O–H groups in total. The van der Waals surface area contributed by atoms with Gasteiger partial charge in [0, 0.05) is 12.1 Å². The van der Waals surface area contributed by atoms with Crippen LogP contribution in [-0.2, 0) is 6.18 Å². The van der Waals surface area contributed by atoms with Crippen LogP contribution >= 0.6 is 0 Å². The van der Waals surface area contributed by atoms with Crippen molar-refractivity contribution in [1.29, 1.82) is 0 Å². The molecular weight excluding hydrogens is 345 g/mol. The third kappa shape index (κ3) is 5.27. The molecule has 2 aromatic heterocycles. The second kappa shape index (κ2) is 8.29. The molecule has 0 unspecified atom stereocenters. The van der Waals surface area contributed by atoms with Gasteiger partial charge < -0.3 is 10.6 Å². The van der Waals surface area contributed by atoms with Crippen LogP contribution in [0.4, 0.5) is 25.1 Å². The fourth-order valence-electron chi connectivity index (χ4n) is 1.98. The van der Waals surface area contributed by atoms with Crippen LogP contribution in [0.1, 0.15) is 46.2 Å². The number of hydrogen-bond donors (Lipinski definition) is 2. The molecule has 2 atom stereocenters. The minimum absolute atomic E-state index is 0.0432. The maximum absolute atomic E-state index is 12.9. The predicted molar refractivity (Wildman–Crippen MR) is 94.8 cm³/mol. The van der Waals surface area contributed by atoms with E-state index in [2.05, 4.69) is 30.6 Å². The van der Waals surface area contributed by atoms with Gasteiger partial charge in [-0.2, -0.15) is 28.1 Å². The van der Waals surface area contributed by atoms with E-state index < -0.39 is 11.9 Å². The first-order chi connectivity index (χ1) is 12.2. The molecule has 6 nitrogen and oxygen atoms in total. The fraction of sp³-hybridized carbons (Fsp3) is 0.529. The zero-order chi connectivity index (χ0) is 19.3. The van der Waals surface area contributed by atoms with Gasteiger partial charge in [0.25, 0.3) is 0 Å². The van der Waals surface area contributed by atoms with E-state index in [-0.39, 0.29) is 23.6 Å². The standard InChI is InChI=1S/C17H23F3N6/c1-5-10(3)21-15-24-14(25-16(26-15)22-11(4)6-2)12-8-7-9-13(23-12)17(18,19)20/h7-11H,5-6H2,1-4H3,(H2,21,22,24,25,26)/t10-,11-/m1/s1. The molecule has 2 heterocycles. The van der Waals surface area contributed by atoms with Crippen molar-refractivity contribution in [3.8, 4) is 11.5 Å². The molecule has 142 valence electrons. The zero-order valence-electron chi connectivity index (χ0n) is 15.2. The van der Waals surface area contributed by atoms with Crippen molar-refractivity contribution >= 4 is 11.9 Å². The average Bonchev–Trinajstić information content (AvgIpc) is 2.60. The Morgan fingerprint density at radius 1 is 0.885 bits per heavy atom. The number of aromatic nitrogens is 4. The molecule has 0 aliphatic carbocycles. The lowest BCUT2D eigenvalue weighted by molar-refractivity contribution is -0.141. The van der Waals surface area contributed by atoms with Gasteiger partial charge in [-0.3, -0.25) is 0 Å². The Morgan fingerprint density at radius 2 is 1.42 bits per heavy atom. The van der Waals surface area contributed by atoms with Gasteiger partial charge in [0.05, 0.1) is 0 Å². The maximum atomic E-state index is 12.9. The third-order valence-corrected chi connectivity index (χ3v) is 3.88. The van der Waals surface area contributed by atoms with Crippen molar-refractivity contribution in [2.75, 3.05) is 10.6 Å². The Labute approximate surface area is 150 Å². The first kappa shape index (κ1) is 19.9. The van der Waals surface area contributed by atoms with E-state index in [1.807, 2.05) is 27.7 Å². The van der Waals surface area contributed by atoms with Gasteiger partial charge in [-0.05, 0) is 38.8 Å². The van der Waals surface area contributed by atoms with Crippen molar-refractivity contribution in [3.63, 3.8) is 0 Å². The van der Waals surface area contributed by atoms with Crippen LogP contribution in [0.5, 0.6) is 0 Å². The Hall–Kier alpha value is -2.45. The second-order valence-electron chi connectivity index (χ2n) is 6.12. The lowest BCUT2D eigenvalue weighted by Crippen LogP contribution is -2.20. The van der Waals surface area contributed by atoms with Gasteiger partial charge in [0.2, 0.25) is 11.9 Å². The summed E-state index contributed by atoms with van der Waals surface area (Å²) in [4.78, 5) is 16.5. The van der Waals surface area contributed by atoms with Crippen molar-refractivity contribution in [2.45, 2.75) is 58.8 Å². The molecule has 0 fully saturated rings. The van der Waals surface area contributed by atoms with Crippen LogP contribution in [0.3, 0.4) is 0 Å². The van der Waals surface area contributed by atoms with E-state index in [1.165, 1.54) is 12.1 Å². The van der Waals surface area contributed by atoms with Gasteiger partial charge in [-0.15, -0.1) is 0 Å². The van der Waals surface area contributed by atoms with Crippen LogP contribution in [-0.4, -0.2) is 32.0 Å². The number of nitrogens with zero attached hydrogens (tertiary/aromatic N) is 4. The van der Waals surface area contributed by atoms with Crippen molar-refractivity contribution < 1.29 is 13.2 Å². The Bertz CT molecular complexity index is 704. The number of alkyl halides is 3. The molecule has 0 saturated carbocycles. The Morgan fingerprint density at radius 3 is 1.88 bits per heavy atom. The van der Waals surface area contributed by atoms with Crippen LogP contribution in [0.2, 0.25) is 0 Å². The largest absolute Gasteiger partial charge is 0.433 e. The van der Waals surface area contributed by atoms with Gasteiger partial charge in [0.1, 0.15) is 11.4 Å². The molecule has 9 heteroatoms. The fourth-order valence-corrected chi connectivity index (χ4v) is 1.98. The quantitative estimate of drug-likeness (QED) is 0.756. The number of pyridine rings is 1. The summed E-state index contributed by atoms with van der Waals surface area (Å²) in [5.74, 6) is 0.687. The molecule has 2 rings (SSSR count). The SMILES string of the molecule is CC[C@@H](C)Nc1nc(N[C@H](C)CC)nc(-c2cccc(C(F)(F)F)n2)n1. The number of nitrogens with one attached hydrogen (secondary N) is 2. The summed E-state index contributed by atoms with van der Waals surface area (Å²) >= 11 is 0. The van der Waals surface area contributed by atoms with E-state index >= 15 is 0 Å². The molecule has 0 aliphatic heterocycles. The third-order valence-electron chi connectivity index (χ3n) is 3.88. The van der Waals surface area contributed by atoms with Crippen LogP contribution in [0, 0.1) is 0 Å². The van der Waals surface area contributed by atoms with E-state index in [0.29, 0.717) is 11.9 Å². The normalized spacial score (nSPS) is 14.0. The van der Waals surface area contributed by atoms with Crippen molar-refractivity contribution in [1.82, 2.24) is 19.9 Å². The molecule has 0 spiro atoms.